The number of esters is 1. The van der Waals surface area contributed by atoms with Gasteiger partial charge >= 0.3 is 5.97 Å². The molecule has 2 aliphatic rings. The minimum absolute atomic E-state index is 0.0330. The third-order valence-electron chi connectivity index (χ3n) is 7.57. The highest BCUT2D eigenvalue weighted by Crippen LogP contribution is 2.37. The molecule has 0 aliphatic carbocycles. The van der Waals surface area contributed by atoms with Crippen LogP contribution in [0.1, 0.15) is 73.6 Å². The molecule has 2 rings (SSSR count). The van der Waals surface area contributed by atoms with E-state index in [9.17, 15) is 20.1 Å². The van der Waals surface area contributed by atoms with E-state index in [1.54, 1.807) is 26.2 Å². The molecule has 0 aromatic heterocycles. The summed E-state index contributed by atoms with van der Waals surface area (Å²) in [4.78, 5) is 12.5. The number of allylic oxidation sites excluding steroid dienone is 2. The van der Waals surface area contributed by atoms with E-state index < -0.39 is 29.9 Å². The van der Waals surface area contributed by atoms with Gasteiger partial charge in [-0.25, -0.2) is 0 Å². The SMILES string of the molecule is CCC(O)C(C)C1OC1CC(C)(O)/C=C/C=C(\C)C1OC(=O)CC(O)CCC(C)C(OC)/C=C/C1C. The second kappa shape index (κ2) is 13.9. The number of aliphatic hydroxyl groups excluding tert-OH is 2. The lowest BCUT2D eigenvalue weighted by Crippen LogP contribution is -2.29. The average molecular weight is 509 g/mol. The monoisotopic (exact) mass is 508 g/mol. The van der Waals surface area contributed by atoms with Gasteiger partial charge in [0.2, 0.25) is 0 Å². The van der Waals surface area contributed by atoms with Crippen molar-refractivity contribution in [1.29, 1.82) is 0 Å². The van der Waals surface area contributed by atoms with Gasteiger partial charge in [-0.2, -0.15) is 0 Å². The van der Waals surface area contributed by atoms with Crippen LogP contribution in [0, 0.1) is 17.8 Å². The summed E-state index contributed by atoms with van der Waals surface area (Å²) >= 11 is 0. The van der Waals surface area contributed by atoms with Crippen molar-refractivity contribution < 1.29 is 34.3 Å². The fourth-order valence-electron chi connectivity index (χ4n) is 4.96. The molecule has 3 N–H and O–H groups in total. The molecule has 7 heteroatoms. The number of epoxide rings is 1. The summed E-state index contributed by atoms with van der Waals surface area (Å²) in [6, 6.07) is 0. The van der Waals surface area contributed by atoms with E-state index in [0.717, 1.165) is 12.0 Å². The van der Waals surface area contributed by atoms with Gasteiger partial charge in [-0.1, -0.05) is 58.1 Å². The number of cyclic esters (lactones) is 1. The van der Waals surface area contributed by atoms with Gasteiger partial charge in [0.05, 0.1) is 42.5 Å². The Hall–Kier alpha value is -1.51. The van der Waals surface area contributed by atoms with Crippen molar-refractivity contribution >= 4 is 5.97 Å². The van der Waals surface area contributed by atoms with E-state index in [0.29, 0.717) is 19.3 Å². The number of ether oxygens (including phenoxy) is 3. The molecule has 0 bridgehead atoms. The number of rotatable bonds is 9. The van der Waals surface area contributed by atoms with Crippen LogP contribution in [0.15, 0.2) is 36.0 Å². The molecular formula is C29H48O7. The lowest BCUT2D eigenvalue weighted by molar-refractivity contribution is -0.151. The first-order valence-corrected chi connectivity index (χ1v) is 13.4. The van der Waals surface area contributed by atoms with E-state index in [-0.39, 0.29) is 42.5 Å². The zero-order valence-corrected chi connectivity index (χ0v) is 23.1. The summed E-state index contributed by atoms with van der Waals surface area (Å²) in [7, 11) is 1.68. The van der Waals surface area contributed by atoms with Crippen LogP contribution < -0.4 is 0 Å². The van der Waals surface area contributed by atoms with Gasteiger partial charge in [-0.05, 0) is 44.6 Å². The Kier molecular flexibility index (Phi) is 11.8. The highest BCUT2D eigenvalue weighted by molar-refractivity contribution is 5.70. The highest BCUT2D eigenvalue weighted by atomic mass is 16.6. The fraction of sp³-hybridized carbons (Fsp3) is 0.759. The first-order chi connectivity index (χ1) is 16.9. The number of hydrogen-bond acceptors (Lipinski definition) is 7. The summed E-state index contributed by atoms with van der Waals surface area (Å²) in [5.41, 5.74) is -0.241. The third-order valence-corrected chi connectivity index (χ3v) is 7.57. The minimum atomic E-state index is -1.08. The van der Waals surface area contributed by atoms with Crippen LogP contribution in [0.25, 0.3) is 0 Å². The molecule has 2 aliphatic heterocycles. The van der Waals surface area contributed by atoms with Crippen molar-refractivity contribution in [3.8, 4) is 0 Å². The molecule has 1 saturated heterocycles. The Morgan fingerprint density at radius 1 is 1.31 bits per heavy atom. The molecule has 1 fully saturated rings. The van der Waals surface area contributed by atoms with E-state index in [2.05, 4.69) is 6.92 Å². The predicted molar refractivity (Wildman–Crippen MR) is 140 cm³/mol. The number of hydrogen-bond donors (Lipinski definition) is 3. The first-order valence-electron chi connectivity index (χ1n) is 13.4. The molecule has 36 heavy (non-hydrogen) atoms. The van der Waals surface area contributed by atoms with Crippen molar-refractivity contribution in [3.63, 3.8) is 0 Å². The zero-order chi connectivity index (χ0) is 27.0. The number of carbonyl (C=O) groups excluding carboxylic acids is 1. The van der Waals surface area contributed by atoms with Crippen LogP contribution in [0.2, 0.25) is 0 Å². The van der Waals surface area contributed by atoms with E-state index in [1.165, 1.54) is 0 Å². The average Bonchev–Trinajstić information content (AvgIpc) is 3.57. The molecule has 206 valence electrons. The van der Waals surface area contributed by atoms with E-state index in [1.807, 2.05) is 45.9 Å². The van der Waals surface area contributed by atoms with E-state index >= 15 is 0 Å². The molecule has 0 radical (unpaired) electrons. The second-order valence-corrected chi connectivity index (χ2v) is 11.1. The molecular weight excluding hydrogens is 460 g/mol. The number of carbonyl (C=O) groups is 1. The summed E-state index contributed by atoms with van der Waals surface area (Å²) in [5.74, 6) is -0.278. The maximum Gasteiger partial charge on any atom is 0.309 e. The summed E-state index contributed by atoms with van der Waals surface area (Å²) < 4.78 is 17.2. The van der Waals surface area contributed by atoms with E-state index in [4.69, 9.17) is 14.2 Å². The smallest absolute Gasteiger partial charge is 0.309 e. The Bertz CT molecular complexity index is 786. The van der Waals surface area contributed by atoms with Crippen LogP contribution in [0.5, 0.6) is 0 Å². The molecule has 0 saturated carbocycles. The molecule has 0 aromatic rings. The molecule has 2 heterocycles. The summed E-state index contributed by atoms with van der Waals surface area (Å²) in [6.07, 6.45) is 9.90. The van der Waals surface area contributed by atoms with Crippen LogP contribution in [0.3, 0.4) is 0 Å². The van der Waals surface area contributed by atoms with Crippen molar-refractivity contribution in [3.05, 3.63) is 36.0 Å². The molecule has 10 atom stereocenters. The second-order valence-electron chi connectivity index (χ2n) is 11.1. The molecule has 0 aromatic carbocycles. The maximum atomic E-state index is 12.5. The van der Waals surface area contributed by atoms with Crippen molar-refractivity contribution in [1.82, 2.24) is 0 Å². The molecule has 0 amide bonds. The van der Waals surface area contributed by atoms with Crippen LogP contribution in [-0.2, 0) is 19.0 Å². The molecule has 0 spiro atoms. The quantitative estimate of drug-likeness (QED) is 0.186. The summed E-state index contributed by atoms with van der Waals surface area (Å²) in [5, 5.41) is 31.2. The Balaban J connectivity index is 2.10. The van der Waals surface area contributed by atoms with Gasteiger partial charge in [-0.3, -0.25) is 4.79 Å². The van der Waals surface area contributed by atoms with Gasteiger partial charge in [0, 0.05) is 25.4 Å². The lowest BCUT2D eigenvalue weighted by atomic mass is 9.91. The van der Waals surface area contributed by atoms with Crippen LogP contribution in [-0.4, -0.2) is 70.6 Å². The molecule has 7 nitrogen and oxygen atoms in total. The van der Waals surface area contributed by atoms with Crippen LogP contribution >= 0.6 is 0 Å². The van der Waals surface area contributed by atoms with Gasteiger partial charge in [-0.15, -0.1) is 0 Å². The van der Waals surface area contributed by atoms with Gasteiger partial charge in [0.25, 0.3) is 0 Å². The van der Waals surface area contributed by atoms with Gasteiger partial charge in [0.1, 0.15) is 6.10 Å². The van der Waals surface area contributed by atoms with Gasteiger partial charge < -0.3 is 29.5 Å². The number of aliphatic hydroxyl groups is 3. The standard InChI is InChI=1S/C29H48O7/c1-8-23(31)21(5)28-25(35-28)17-29(6,33)15-9-10-19(3)27-20(4)12-14-24(34-7)18(2)11-13-22(30)16-26(32)36-27/h9-10,12,14-15,18,20-25,27-28,30-31,33H,8,11,13,16-17H2,1-7H3/b14-12+,15-9+,19-10+. The highest BCUT2D eigenvalue weighted by Gasteiger charge is 2.47. The lowest BCUT2D eigenvalue weighted by Gasteiger charge is -2.27. The van der Waals surface area contributed by atoms with Crippen molar-refractivity contribution in [2.24, 2.45) is 17.8 Å². The fourth-order valence-corrected chi connectivity index (χ4v) is 4.96. The first kappa shape index (κ1) is 30.7. The zero-order valence-electron chi connectivity index (χ0n) is 23.1. The Labute approximate surface area is 217 Å². The normalized spacial score (nSPS) is 36.8. The largest absolute Gasteiger partial charge is 0.457 e. The maximum absolute atomic E-state index is 12.5. The minimum Gasteiger partial charge on any atom is -0.457 e. The van der Waals surface area contributed by atoms with Crippen molar-refractivity contribution in [2.45, 2.75) is 116 Å². The Morgan fingerprint density at radius 2 is 2.00 bits per heavy atom. The molecule has 10 unspecified atom stereocenters. The van der Waals surface area contributed by atoms with Gasteiger partial charge in [0.15, 0.2) is 0 Å². The predicted octanol–water partition coefficient (Wildman–Crippen LogP) is 4.10. The Morgan fingerprint density at radius 3 is 2.64 bits per heavy atom. The van der Waals surface area contributed by atoms with Crippen LogP contribution in [0.4, 0.5) is 0 Å². The topological polar surface area (TPSA) is 109 Å². The van der Waals surface area contributed by atoms with Crippen molar-refractivity contribution in [2.75, 3.05) is 7.11 Å². The third kappa shape index (κ3) is 9.42. The number of methoxy groups -OCH3 is 1. The summed E-state index contributed by atoms with van der Waals surface area (Å²) in [6.45, 7) is 11.6.